The molecule has 1 aromatic carbocycles. The summed E-state index contributed by atoms with van der Waals surface area (Å²) in [6, 6.07) is 0. The zero-order chi connectivity index (χ0) is 11.6. The Hall–Kier alpha value is -0.583. The molecule has 0 saturated heterocycles. The van der Waals surface area contributed by atoms with Gasteiger partial charge in [-0.3, -0.25) is 0 Å². The fourth-order valence-corrected chi connectivity index (χ4v) is 2.16. The third-order valence-electron chi connectivity index (χ3n) is 3.07. The maximum absolute atomic E-state index is 5.47. The van der Waals surface area contributed by atoms with Crippen molar-refractivity contribution in [3.8, 4) is 11.5 Å². The average molecular weight is 200 g/mol. The first-order valence-corrected chi connectivity index (χ1v) is 5.29. The molecule has 2 nitrogen and oxygen atoms in total. The molecule has 0 bridgehead atoms. The van der Waals surface area contributed by atoms with E-state index in [1.165, 1.54) is 22.3 Å². The molecule has 0 spiro atoms. The molecule has 0 fully saturated rings. The van der Waals surface area contributed by atoms with Crippen molar-refractivity contribution in [1.29, 1.82) is 0 Å². The Bertz CT molecular complexity index is 373. The second kappa shape index (κ2) is 4.96. The van der Waals surface area contributed by atoms with Gasteiger partial charge < -0.3 is 0 Å². The Kier molecular flexibility index (Phi) is 4.13. The molecule has 0 atom stereocenters. The number of hydrogen-bond acceptors (Lipinski definition) is 2. The predicted octanol–water partition coefficient (Wildman–Crippen LogP) is 2.30. The zero-order valence-electron chi connectivity index (χ0n) is 10.5. The molecular weight excluding hydrogens is 183 g/mol. The molecule has 0 aliphatic rings. The van der Waals surface area contributed by atoms with Gasteiger partial charge in [0.05, 0.1) is 0 Å². The van der Waals surface area contributed by atoms with Gasteiger partial charge in [-0.25, -0.2) is 0 Å². The van der Waals surface area contributed by atoms with Gasteiger partial charge in [0.1, 0.15) is 0 Å². The van der Waals surface area contributed by atoms with Crippen LogP contribution in [0, 0.1) is 20.8 Å². The van der Waals surface area contributed by atoms with Crippen LogP contribution in [-0.4, -0.2) is 31.9 Å². The van der Waals surface area contributed by atoms with Crippen LogP contribution in [0.15, 0.2) is 0 Å². The Labute approximate surface area is 101 Å². The predicted molar refractivity (Wildman–Crippen MR) is 63.2 cm³/mol. The van der Waals surface area contributed by atoms with Crippen molar-refractivity contribution in [2.45, 2.75) is 25.9 Å². The number of methoxy groups -OCH3 is 2. The summed E-state index contributed by atoms with van der Waals surface area (Å²) in [6.45, 7) is 6.24. The molecule has 0 aliphatic carbocycles. The van der Waals surface area contributed by atoms with E-state index >= 15 is 0 Å². The summed E-state index contributed by atoms with van der Waals surface area (Å²) >= 11 is 2.14. The van der Waals surface area contributed by atoms with E-state index in [1.807, 2.05) is 0 Å². The van der Waals surface area contributed by atoms with Crippen molar-refractivity contribution in [3.05, 3.63) is 22.3 Å². The van der Waals surface area contributed by atoms with Gasteiger partial charge in [-0.15, -0.1) is 0 Å². The fourth-order valence-electron chi connectivity index (χ4n) is 2.16. The first kappa shape index (κ1) is 12.5. The van der Waals surface area contributed by atoms with E-state index in [0.717, 1.165) is 16.6 Å². The molecule has 0 heterocycles. The zero-order valence-corrected chi connectivity index (χ0v) is 10.5. The van der Waals surface area contributed by atoms with Crippen molar-refractivity contribution in [3.63, 3.8) is 0 Å². The Morgan fingerprint density at radius 1 is 0.867 bits per heavy atom. The molecule has 0 saturated carbocycles. The molecule has 0 aliphatic heterocycles. The molecule has 0 aromatic heterocycles. The van der Waals surface area contributed by atoms with Gasteiger partial charge in [0, 0.05) is 0 Å². The van der Waals surface area contributed by atoms with Crippen LogP contribution >= 0.6 is 0 Å². The standard InChI is InChI=1S/C12H17O2.Li/c1-7-8(2)12(14-6)10(4)9(3)11(7)13-5;/h1H2,2-6H3;. The van der Waals surface area contributed by atoms with Gasteiger partial charge in [0.25, 0.3) is 0 Å². The number of rotatable bonds is 3. The van der Waals surface area contributed by atoms with Gasteiger partial charge in [0.15, 0.2) is 0 Å². The van der Waals surface area contributed by atoms with Gasteiger partial charge in [-0.1, -0.05) is 0 Å². The molecular formula is C12H17LiO2. The van der Waals surface area contributed by atoms with E-state index in [2.05, 4.69) is 38.5 Å². The minimum absolute atomic E-state index is 0.965. The van der Waals surface area contributed by atoms with E-state index in [9.17, 15) is 0 Å². The van der Waals surface area contributed by atoms with E-state index in [1.54, 1.807) is 14.2 Å². The van der Waals surface area contributed by atoms with E-state index < -0.39 is 0 Å². The second-order valence-electron chi connectivity index (χ2n) is 3.77. The molecule has 0 radical (unpaired) electrons. The number of benzene rings is 1. The van der Waals surface area contributed by atoms with Crippen LogP contribution in [0.4, 0.5) is 0 Å². The van der Waals surface area contributed by atoms with Crippen molar-refractivity contribution >= 4 is 17.7 Å². The first-order chi connectivity index (χ1) is 7.08. The summed E-state index contributed by atoms with van der Waals surface area (Å²) in [4.78, 5) is 0. The van der Waals surface area contributed by atoms with E-state index in [0.29, 0.717) is 0 Å². The van der Waals surface area contributed by atoms with Crippen LogP contribution in [0.25, 0.3) is 0 Å². The molecule has 1 rings (SSSR count). The van der Waals surface area contributed by atoms with Crippen LogP contribution < -0.4 is 9.47 Å². The number of hydrogen-bond donors (Lipinski definition) is 0. The Morgan fingerprint density at radius 2 is 1.33 bits per heavy atom. The Morgan fingerprint density at radius 3 is 1.73 bits per heavy atom. The van der Waals surface area contributed by atoms with Crippen molar-refractivity contribution < 1.29 is 9.47 Å². The molecule has 0 N–H and O–H groups in total. The quantitative estimate of drug-likeness (QED) is 0.697. The molecule has 15 heavy (non-hydrogen) atoms. The SMILES string of the molecule is [Li][CH2]c1c(C)c(OC)c(C)c(C)c1OC. The fraction of sp³-hybridized carbons (Fsp3) is 0.500. The summed E-state index contributed by atoms with van der Waals surface area (Å²) in [5.41, 5.74) is 4.79. The van der Waals surface area contributed by atoms with Gasteiger partial charge >= 0.3 is 101 Å². The number of ether oxygens (including phenoxy) is 2. The van der Waals surface area contributed by atoms with Gasteiger partial charge in [-0.2, -0.15) is 0 Å². The third-order valence-corrected chi connectivity index (χ3v) is 3.07. The molecule has 0 unspecified atom stereocenters. The van der Waals surface area contributed by atoms with Gasteiger partial charge in [-0.05, 0) is 0 Å². The monoisotopic (exact) mass is 200 g/mol. The third kappa shape index (κ3) is 2.02. The van der Waals surface area contributed by atoms with Crippen LogP contribution in [0.2, 0.25) is 0 Å². The van der Waals surface area contributed by atoms with Crippen LogP contribution in [0.5, 0.6) is 11.5 Å². The van der Waals surface area contributed by atoms with Gasteiger partial charge in [0.2, 0.25) is 0 Å². The summed E-state index contributed by atoms with van der Waals surface area (Å²) in [6.07, 6.45) is 0. The molecule has 0 amide bonds. The Balaban J connectivity index is 3.57. The topological polar surface area (TPSA) is 18.5 Å². The van der Waals surface area contributed by atoms with E-state index in [4.69, 9.17) is 9.47 Å². The molecule has 3 heteroatoms. The van der Waals surface area contributed by atoms with Crippen LogP contribution in [0.3, 0.4) is 0 Å². The average Bonchev–Trinajstić information content (AvgIpc) is 2.23. The molecule has 1 aromatic rings. The summed E-state index contributed by atoms with van der Waals surface area (Å²) in [5, 5.41) is 0.965. The normalized spacial score (nSPS) is 10.3. The maximum atomic E-state index is 5.47. The van der Waals surface area contributed by atoms with E-state index in [-0.39, 0.29) is 0 Å². The summed E-state index contributed by atoms with van der Waals surface area (Å²) in [5.74, 6) is 2.00. The van der Waals surface area contributed by atoms with Crippen molar-refractivity contribution in [1.82, 2.24) is 0 Å². The van der Waals surface area contributed by atoms with Crippen molar-refractivity contribution in [2.75, 3.05) is 14.2 Å². The molecule has 78 valence electrons. The first-order valence-electron chi connectivity index (χ1n) is 5.29. The summed E-state index contributed by atoms with van der Waals surface area (Å²) in [7, 11) is 3.45. The minimum atomic E-state index is 0.965. The van der Waals surface area contributed by atoms with Crippen LogP contribution in [-0.2, 0) is 5.09 Å². The second-order valence-corrected chi connectivity index (χ2v) is 3.77. The van der Waals surface area contributed by atoms with Crippen molar-refractivity contribution in [2.24, 2.45) is 0 Å². The van der Waals surface area contributed by atoms with Crippen LogP contribution in [0.1, 0.15) is 22.3 Å². The summed E-state index contributed by atoms with van der Waals surface area (Å²) < 4.78 is 10.9.